The summed E-state index contributed by atoms with van der Waals surface area (Å²) in [6.45, 7) is 9.37. The summed E-state index contributed by atoms with van der Waals surface area (Å²) in [6, 6.07) is 6.27. The number of guanidine groups is 1. The average Bonchev–Trinajstić information content (AvgIpc) is 3.43. The molecule has 1 aliphatic heterocycles. The predicted molar refractivity (Wildman–Crippen MR) is 137 cm³/mol. The van der Waals surface area contributed by atoms with E-state index in [-0.39, 0.29) is 29.9 Å². The lowest BCUT2D eigenvalue weighted by atomic mass is 10.2. The van der Waals surface area contributed by atoms with Crippen molar-refractivity contribution in [1.29, 1.82) is 0 Å². The van der Waals surface area contributed by atoms with E-state index in [2.05, 4.69) is 37.6 Å². The summed E-state index contributed by atoms with van der Waals surface area (Å²) < 4.78 is 16.1. The van der Waals surface area contributed by atoms with Crippen LogP contribution in [0.5, 0.6) is 11.5 Å². The van der Waals surface area contributed by atoms with Crippen LogP contribution < -0.4 is 25.0 Å². The lowest BCUT2D eigenvalue weighted by molar-refractivity contribution is 0.372. The SMILES string of the molecule is CCNC(=NCCc1nc(C(C)C)no1)NC1CCN(c2cc(OC)cc(OC)c2)C1.I. The number of aliphatic imine (C=N–C) groups is 1. The van der Waals surface area contributed by atoms with E-state index in [1.807, 2.05) is 32.0 Å². The standard InChI is InChI=1S/C22H34N6O3.HI/c1-6-23-22(24-9-7-20-26-21(15(2)3)27-31-20)25-16-8-10-28(14-16)17-11-18(29-4)13-19(12-17)30-5;/h11-13,15-16H,6-10,14H2,1-5H3,(H2,23,24,25);1H. The molecule has 2 heterocycles. The number of benzene rings is 1. The Morgan fingerprint density at radius 2 is 1.97 bits per heavy atom. The number of nitrogens with one attached hydrogen (secondary N) is 2. The van der Waals surface area contributed by atoms with Crippen molar-refractivity contribution in [2.24, 2.45) is 4.99 Å². The van der Waals surface area contributed by atoms with E-state index < -0.39 is 0 Å². The van der Waals surface area contributed by atoms with Gasteiger partial charge in [-0.3, -0.25) is 4.99 Å². The highest BCUT2D eigenvalue weighted by molar-refractivity contribution is 14.0. The van der Waals surface area contributed by atoms with Crippen molar-refractivity contribution >= 4 is 35.6 Å². The predicted octanol–water partition coefficient (Wildman–Crippen LogP) is 3.20. The maximum Gasteiger partial charge on any atom is 0.228 e. The molecule has 2 aromatic rings. The lowest BCUT2D eigenvalue weighted by Gasteiger charge is -2.21. The van der Waals surface area contributed by atoms with Crippen molar-refractivity contribution in [3.05, 3.63) is 29.9 Å². The molecule has 1 fully saturated rings. The molecular formula is C22H35IN6O3. The molecular weight excluding hydrogens is 523 g/mol. The van der Waals surface area contributed by atoms with Crippen molar-refractivity contribution in [1.82, 2.24) is 20.8 Å². The third-order valence-corrected chi connectivity index (χ3v) is 5.17. The fraction of sp³-hybridized carbons (Fsp3) is 0.591. The highest BCUT2D eigenvalue weighted by Gasteiger charge is 2.24. The number of aromatic nitrogens is 2. The van der Waals surface area contributed by atoms with E-state index >= 15 is 0 Å². The zero-order valence-corrected chi connectivity index (χ0v) is 21.9. The third-order valence-electron chi connectivity index (χ3n) is 5.17. The zero-order valence-electron chi connectivity index (χ0n) is 19.6. The quantitative estimate of drug-likeness (QED) is 0.275. The smallest absolute Gasteiger partial charge is 0.228 e. The van der Waals surface area contributed by atoms with E-state index in [0.717, 1.165) is 55.0 Å². The Bertz CT molecular complexity index is 851. The molecule has 1 saturated heterocycles. The largest absolute Gasteiger partial charge is 0.497 e. The molecule has 0 spiro atoms. The third kappa shape index (κ3) is 7.14. The second-order valence-electron chi connectivity index (χ2n) is 7.86. The molecule has 1 aromatic carbocycles. The first-order valence-electron chi connectivity index (χ1n) is 10.9. The summed E-state index contributed by atoms with van der Waals surface area (Å²) in [5, 5.41) is 10.9. The molecule has 0 saturated carbocycles. The van der Waals surface area contributed by atoms with E-state index in [4.69, 9.17) is 14.0 Å². The van der Waals surface area contributed by atoms with Crippen molar-refractivity contribution in [2.45, 2.75) is 45.6 Å². The summed E-state index contributed by atoms with van der Waals surface area (Å²) in [4.78, 5) is 11.4. The number of halogens is 1. The van der Waals surface area contributed by atoms with Gasteiger partial charge in [0.25, 0.3) is 0 Å². The topological polar surface area (TPSA) is 97.0 Å². The fourth-order valence-electron chi connectivity index (χ4n) is 3.47. The number of nitrogens with zero attached hydrogens (tertiary/aromatic N) is 4. The summed E-state index contributed by atoms with van der Waals surface area (Å²) in [7, 11) is 3.34. The first-order chi connectivity index (χ1) is 15.0. The van der Waals surface area contributed by atoms with Crippen LogP contribution in [-0.2, 0) is 6.42 Å². The summed E-state index contributed by atoms with van der Waals surface area (Å²) >= 11 is 0. The van der Waals surface area contributed by atoms with E-state index in [1.165, 1.54) is 0 Å². The lowest BCUT2D eigenvalue weighted by Crippen LogP contribution is -2.44. The number of rotatable bonds is 9. The van der Waals surface area contributed by atoms with Crippen LogP contribution in [0.3, 0.4) is 0 Å². The summed E-state index contributed by atoms with van der Waals surface area (Å²) in [5.41, 5.74) is 1.10. The van der Waals surface area contributed by atoms with Gasteiger partial charge in [0.15, 0.2) is 11.8 Å². The second-order valence-corrected chi connectivity index (χ2v) is 7.86. The Morgan fingerprint density at radius 3 is 2.56 bits per heavy atom. The van der Waals surface area contributed by atoms with Crippen LogP contribution in [0, 0.1) is 0 Å². The minimum absolute atomic E-state index is 0. The van der Waals surface area contributed by atoms with Gasteiger partial charge in [0.2, 0.25) is 5.89 Å². The molecule has 178 valence electrons. The Labute approximate surface area is 207 Å². The van der Waals surface area contributed by atoms with Crippen LogP contribution in [0.4, 0.5) is 5.69 Å². The normalized spacial score (nSPS) is 16.1. The fourth-order valence-corrected chi connectivity index (χ4v) is 3.47. The van der Waals surface area contributed by atoms with Gasteiger partial charge < -0.3 is 29.5 Å². The van der Waals surface area contributed by atoms with Crippen molar-refractivity contribution in [3.63, 3.8) is 0 Å². The highest BCUT2D eigenvalue weighted by atomic mass is 127. The number of hydrogen-bond acceptors (Lipinski definition) is 7. The Balaban J connectivity index is 0.00000363. The van der Waals surface area contributed by atoms with Gasteiger partial charge >= 0.3 is 0 Å². The number of methoxy groups -OCH3 is 2. The molecule has 1 aliphatic rings. The zero-order chi connectivity index (χ0) is 22.2. The molecule has 9 nitrogen and oxygen atoms in total. The monoisotopic (exact) mass is 558 g/mol. The summed E-state index contributed by atoms with van der Waals surface area (Å²) in [6.07, 6.45) is 1.64. The molecule has 1 aromatic heterocycles. The van der Waals surface area contributed by atoms with Crippen molar-refractivity contribution in [3.8, 4) is 11.5 Å². The van der Waals surface area contributed by atoms with Crippen molar-refractivity contribution in [2.75, 3.05) is 45.3 Å². The Morgan fingerprint density at radius 1 is 1.25 bits per heavy atom. The first-order valence-corrected chi connectivity index (χ1v) is 10.9. The molecule has 1 unspecified atom stereocenters. The molecule has 0 amide bonds. The van der Waals surface area contributed by atoms with Gasteiger partial charge in [-0.15, -0.1) is 24.0 Å². The molecule has 2 N–H and O–H groups in total. The molecule has 0 aliphatic carbocycles. The van der Waals surface area contributed by atoms with Gasteiger partial charge in [-0.2, -0.15) is 4.98 Å². The van der Waals surface area contributed by atoms with E-state index in [0.29, 0.717) is 24.9 Å². The van der Waals surface area contributed by atoms with Gasteiger partial charge in [-0.25, -0.2) is 0 Å². The summed E-state index contributed by atoms with van der Waals surface area (Å²) in [5.74, 6) is 4.02. The molecule has 0 radical (unpaired) electrons. The van der Waals surface area contributed by atoms with Gasteiger partial charge in [0.1, 0.15) is 11.5 Å². The van der Waals surface area contributed by atoms with Crippen LogP contribution in [0.25, 0.3) is 0 Å². The highest BCUT2D eigenvalue weighted by Crippen LogP contribution is 2.30. The molecule has 1 atom stereocenters. The molecule has 0 bridgehead atoms. The maximum atomic E-state index is 5.41. The van der Waals surface area contributed by atoms with Gasteiger partial charge in [-0.05, 0) is 13.3 Å². The van der Waals surface area contributed by atoms with Crippen molar-refractivity contribution < 1.29 is 14.0 Å². The number of anilines is 1. The van der Waals surface area contributed by atoms with Gasteiger partial charge in [0.05, 0.1) is 20.8 Å². The molecule has 3 rings (SSSR count). The van der Waals surface area contributed by atoms with E-state index in [9.17, 15) is 0 Å². The first kappa shape index (κ1) is 26.0. The van der Waals surface area contributed by atoms with Gasteiger partial charge in [-0.1, -0.05) is 19.0 Å². The van der Waals surface area contributed by atoms with Crippen LogP contribution >= 0.6 is 24.0 Å². The Hall–Kier alpha value is -2.24. The van der Waals surface area contributed by atoms with Gasteiger partial charge in [0, 0.05) is 61.9 Å². The molecule has 10 heteroatoms. The number of hydrogen-bond donors (Lipinski definition) is 2. The maximum absolute atomic E-state index is 5.41. The minimum atomic E-state index is 0. The van der Waals surface area contributed by atoms with Crippen LogP contribution in [-0.4, -0.2) is 62.5 Å². The second kappa shape index (κ2) is 12.7. The average molecular weight is 558 g/mol. The van der Waals surface area contributed by atoms with Crippen LogP contribution in [0.1, 0.15) is 44.8 Å². The minimum Gasteiger partial charge on any atom is -0.497 e. The number of ether oxygens (including phenoxy) is 2. The Kier molecular flexibility index (Phi) is 10.3. The van der Waals surface area contributed by atoms with Crippen LogP contribution in [0.15, 0.2) is 27.7 Å². The van der Waals surface area contributed by atoms with Crippen LogP contribution in [0.2, 0.25) is 0 Å². The molecule has 32 heavy (non-hydrogen) atoms. The van der Waals surface area contributed by atoms with E-state index in [1.54, 1.807) is 14.2 Å².